The molecule has 7 N–H and O–H groups in total. The van der Waals surface area contributed by atoms with Crippen molar-refractivity contribution in [3.8, 4) is 0 Å². The Morgan fingerprint density at radius 1 is 0.938 bits per heavy atom. The molecule has 0 aliphatic carbocycles. The number of nitrogens with two attached hydrogens (primary N) is 2. The van der Waals surface area contributed by atoms with Gasteiger partial charge in [0.15, 0.2) is 0 Å². The number of hydrogen-bond donors (Lipinski definition) is 5. The van der Waals surface area contributed by atoms with Crippen molar-refractivity contribution in [2.24, 2.45) is 11.5 Å². The van der Waals surface area contributed by atoms with Crippen molar-refractivity contribution in [2.75, 3.05) is 22.9 Å². The van der Waals surface area contributed by atoms with Gasteiger partial charge in [-0.15, -0.1) is 0 Å². The Bertz CT molecular complexity index is 1650. The summed E-state index contributed by atoms with van der Waals surface area (Å²) < 4.78 is 31.7. The van der Waals surface area contributed by atoms with Gasteiger partial charge in [-0.25, -0.2) is 4.79 Å². The summed E-state index contributed by atoms with van der Waals surface area (Å²) in [7, 11) is 0. The molecule has 0 unspecified atom stereocenters. The van der Waals surface area contributed by atoms with Crippen LogP contribution in [0.25, 0.3) is 0 Å². The molecular formula is C32H34F3N5O8. The molecule has 16 heteroatoms. The molecule has 0 bridgehead atoms. The number of carbonyl (C=O) groups excluding carboxylic acids is 4. The maximum absolute atomic E-state index is 12.6. The van der Waals surface area contributed by atoms with E-state index in [4.69, 9.17) is 26.5 Å². The van der Waals surface area contributed by atoms with Crippen LogP contribution in [0.3, 0.4) is 0 Å². The molecule has 0 aromatic heterocycles. The molecule has 48 heavy (non-hydrogen) atoms. The molecule has 256 valence electrons. The van der Waals surface area contributed by atoms with Crippen molar-refractivity contribution < 1.29 is 52.2 Å². The molecule has 1 aliphatic heterocycles. The van der Waals surface area contributed by atoms with E-state index in [1.54, 1.807) is 66.4 Å². The number of anilines is 2. The number of primary amides is 1. The number of nitrogens with one attached hydrogen (secondary N) is 1. The van der Waals surface area contributed by atoms with Crippen LogP contribution >= 0.6 is 0 Å². The summed E-state index contributed by atoms with van der Waals surface area (Å²) in [4.78, 5) is 69.9. The molecule has 0 saturated heterocycles. The van der Waals surface area contributed by atoms with Crippen LogP contribution in [0.2, 0.25) is 0 Å². The summed E-state index contributed by atoms with van der Waals surface area (Å²) in [6.45, 7) is 3.48. The lowest BCUT2D eigenvalue weighted by molar-refractivity contribution is -0.192. The van der Waals surface area contributed by atoms with Crippen LogP contribution < -0.4 is 26.6 Å². The first-order chi connectivity index (χ1) is 22.5. The molecule has 1 atom stereocenters. The van der Waals surface area contributed by atoms with Crippen molar-refractivity contribution in [1.29, 1.82) is 0 Å². The Labute approximate surface area is 272 Å². The number of carboxylic acid groups (broad SMARTS) is 2. The normalized spacial score (nSPS) is 12.2. The minimum absolute atomic E-state index is 0.194. The zero-order chi connectivity index (χ0) is 36.2. The van der Waals surface area contributed by atoms with E-state index in [9.17, 15) is 37.1 Å². The molecule has 0 fully saturated rings. The highest BCUT2D eigenvalue weighted by Gasteiger charge is 2.38. The lowest BCUT2D eigenvalue weighted by atomic mass is 10.1. The number of hydrogen-bond acceptors (Lipinski definition) is 7. The highest BCUT2D eigenvalue weighted by Crippen LogP contribution is 2.29. The lowest BCUT2D eigenvalue weighted by Gasteiger charge is -2.22. The molecule has 0 saturated carbocycles. The average molecular weight is 674 g/mol. The van der Waals surface area contributed by atoms with Crippen molar-refractivity contribution in [3.05, 3.63) is 95.1 Å². The SMILES string of the molecule is CC(=O)N[C@H](C)C(=O)N1CCc2ccc(C(N)=O)cc21.NCc1cccc(C(=O)N(CC(=O)O)c2ccccc2)c1.O=C(O)C(F)(F)F. The first-order valence-corrected chi connectivity index (χ1v) is 14.1. The van der Waals surface area contributed by atoms with Crippen molar-refractivity contribution in [2.45, 2.75) is 39.0 Å². The van der Waals surface area contributed by atoms with Gasteiger partial charge in [0.1, 0.15) is 12.6 Å². The summed E-state index contributed by atoms with van der Waals surface area (Å²) in [6.07, 6.45) is -4.35. The van der Waals surface area contributed by atoms with E-state index in [1.165, 1.54) is 11.8 Å². The maximum atomic E-state index is 12.6. The Morgan fingerprint density at radius 3 is 2.08 bits per heavy atom. The number of aliphatic carboxylic acids is 2. The predicted octanol–water partition coefficient (Wildman–Crippen LogP) is 2.71. The van der Waals surface area contributed by atoms with E-state index in [0.717, 1.165) is 17.5 Å². The standard InChI is InChI=1S/C16H16N2O3.C14H17N3O3.C2HF3O2/c17-10-12-5-4-6-13(9-12)16(21)18(11-15(19)20)14-7-2-1-3-8-14;1-8(16-9(2)18)14(20)17-6-5-10-3-4-11(13(15)19)7-12(10)17;3-2(4,5)1(6)7/h1-9H,10-11,17H2,(H,19,20);3-4,7-8H,5-6H2,1-2H3,(H2,15,19)(H,16,18);(H,6,7)/t;8-;/m.1./s1. The van der Waals surface area contributed by atoms with E-state index in [1.807, 2.05) is 18.2 Å². The summed E-state index contributed by atoms with van der Waals surface area (Å²) in [5.41, 5.74) is 14.7. The fourth-order valence-electron chi connectivity index (χ4n) is 4.37. The number of halogens is 3. The summed E-state index contributed by atoms with van der Waals surface area (Å²) in [6, 6.07) is 20.1. The van der Waals surface area contributed by atoms with Crippen LogP contribution in [0.4, 0.5) is 24.5 Å². The second-order valence-electron chi connectivity index (χ2n) is 10.2. The zero-order valence-corrected chi connectivity index (χ0v) is 25.9. The van der Waals surface area contributed by atoms with Crippen LogP contribution in [-0.2, 0) is 32.1 Å². The second-order valence-corrected chi connectivity index (χ2v) is 10.2. The number of alkyl halides is 3. The van der Waals surface area contributed by atoms with Gasteiger partial charge in [0, 0.05) is 42.5 Å². The van der Waals surface area contributed by atoms with E-state index < -0.39 is 36.6 Å². The predicted molar refractivity (Wildman–Crippen MR) is 168 cm³/mol. The molecule has 1 heterocycles. The fraction of sp³-hybridized carbons (Fsp3) is 0.250. The number of para-hydroxylation sites is 1. The quantitative estimate of drug-likeness (QED) is 0.237. The van der Waals surface area contributed by atoms with Crippen molar-refractivity contribution >= 4 is 46.9 Å². The van der Waals surface area contributed by atoms with Crippen LogP contribution in [-0.4, -0.2) is 71.1 Å². The highest BCUT2D eigenvalue weighted by molar-refractivity contribution is 6.08. The molecule has 13 nitrogen and oxygen atoms in total. The first kappa shape index (κ1) is 38.4. The minimum atomic E-state index is -5.08. The number of benzene rings is 3. The van der Waals surface area contributed by atoms with Gasteiger partial charge < -0.3 is 31.9 Å². The topological polar surface area (TPSA) is 213 Å². The number of amides is 4. The lowest BCUT2D eigenvalue weighted by Crippen LogP contribution is -2.46. The Balaban J connectivity index is 0.000000279. The van der Waals surface area contributed by atoms with E-state index in [0.29, 0.717) is 35.6 Å². The molecule has 3 aromatic carbocycles. The van der Waals surface area contributed by atoms with Gasteiger partial charge in [0.05, 0.1) is 0 Å². The molecule has 4 rings (SSSR count). The Kier molecular flexibility index (Phi) is 13.8. The third-order valence-corrected chi connectivity index (χ3v) is 6.58. The molecule has 0 spiro atoms. The van der Waals surface area contributed by atoms with Gasteiger partial charge in [0.2, 0.25) is 17.7 Å². The molecule has 3 aromatic rings. The zero-order valence-electron chi connectivity index (χ0n) is 25.9. The minimum Gasteiger partial charge on any atom is -0.480 e. The van der Waals surface area contributed by atoms with Gasteiger partial charge in [-0.05, 0) is 60.9 Å². The van der Waals surface area contributed by atoms with Gasteiger partial charge in [-0.3, -0.25) is 28.9 Å². The summed E-state index contributed by atoms with van der Waals surface area (Å²) >= 11 is 0. The second kappa shape index (κ2) is 17.2. The van der Waals surface area contributed by atoms with Crippen LogP contribution in [0.1, 0.15) is 45.7 Å². The van der Waals surface area contributed by atoms with E-state index in [2.05, 4.69) is 5.32 Å². The molecule has 1 aliphatic rings. The Hall–Kier alpha value is -5.77. The van der Waals surface area contributed by atoms with Gasteiger partial charge in [-0.2, -0.15) is 13.2 Å². The third kappa shape index (κ3) is 11.2. The fourth-order valence-corrected chi connectivity index (χ4v) is 4.37. The molecule has 4 amide bonds. The molecular weight excluding hydrogens is 639 g/mol. The summed E-state index contributed by atoms with van der Waals surface area (Å²) in [5.74, 6) is -5.16. The Morgan fingerprint density at radius 2 is 1.56 bits per heavy atom. The van der Waals surface area contributed by atoms with Gasteiger partial charge in [-0.1, -0.05) is 36.4 Å². The first-order valence-electron chi connectivity index (χ1n) is 14.1. The number of carbonyl (C=O) groups is 6. The highest BCUT2D eigenvalue weighted by atomic mass is 19.4. The van der Waals surface area contributed by atoms with Crippen LogP contribution in [0, 0.1) is 0 Å². The van der Waals surface area contributed by atoms with Crippen LogP contribution in [0.15, 0.2) is 72.8 Å². The number of fused-ring (bicyclic) bond motifs is 1. The molecule has 0 radical (unpaired) electrons. The van der Waals surface area contributed by atoms with Gasteiger partial charge >= 0.3 is 18.1 Å². The van der Waals surface area contributed by atoms with E-state index >= 15 is 0 Å². The monoisotopic (exact) mass is 673 g/mol. The third-order valence-electron chi connectivity index (χ3n) is 6.58. The largest absolute Gasteiger partial charge is 0.490 e. The number of rotatable bonds is 8. The van der Waals surface area contributed by atoms with Crippen LogP contribution in [0.5, 0.6) is 0 Å². The summed E-state index contributed by atoms with van der Waals surface area (Å²) in [5, 5.41) is 18.7. The van der Waals surface area contributed by atoms with E-state index in [-0.39, 0.29) is 17.7 Å². The van der Waals surface area contributed by atoms with Gasteiger partial charge in [0.25, 0.3) is 5.91 Å². The van der Waals surface area contributed by atoms with Crippen molar-refractivity contribution in [3.63, 3.8) is 0 Å². The number of carboxylic acids is 2. The average Bonchev–Trinajstić information content (AvgIpc) is 3.46. The number of nitrogens with zero attached hydrogens (tertiary/aromatic N) is 2. The maximum Gasteiger partial charge on any atom is 0.490 e. The smallest absolute Gasteiger partial charge is 0.480 e. The van der Waals surface area contributed by atoms with Crippen molar-refractivity contribution in [1.82, 2.24) is 5.32 Å².